The summed E-state index contributed by atoms with van der Waals surface area (Å²) in [6.45, 7) is 6.27. The summed E-state index contributed by atoms with van der Waals surface area (Å²) < 4.78 is 0. The molecule has 1 unspecified atom stereocenters. The van der Waals surface area contributed by atoms with E-state index >= 15 is 0 Å². The highest BCUT2D eigenvalue weighted by Crippen LogP contribution is 2.21. The van der Waals surface area contributed by atoms with E-state index in [1.165, 1.54) is 76.6 Å². The minimum Gasteiger partial charge on any atom is -0.303 e. The number of rotatable bonds is 8. The van der Waals surface area contributed by atoms with Crippen LogP contribution in [-0.2, 0) is 6.42 Å². The smallest absolute Gasteiger partial charge is 0.00128 e. The number of hydrogen-bond donors (Lipinski definition) is 0. The Labute approximate surface area is 125 Å². The van der Waals surface area contributed by atoms with Crippen molar-refractivity contribution in [2.24, 2.45) is 5.92 Å². The molecule has 20 heavy (non-hydrogen) atoms. The summed E-state index contributed by atoms with van der Waals surface area (Å²) in [7, 11) is 0. The maximum Gasteiger partial charge on any atom is 0.00128 e. The topological polar surface area (TPSA) is 3.24 Å². The molecule has 1 aromatic rings. The minimum absolute atomic E-state index is 0.877. The average molecular weight is 273 g/mol. The third kappa shape index (κ3) is 5.66. The van der Waals surface area contributed by atoms with Crippen LogP contribution >= 0.6 is 0 Å². The lowest BCUT2D eigenvalue weighted by molar-refractivity contribution is 0.171. The largest absolute Gasteiger partial charge is 0.303 e. The molecule has 1 fully saturated rings. The third-order valence-electron chi connectivity index (χ3n) is 4.55. The summed E-state index contributed by atoms with van der Waals surface area (Å²) in [4.78, 5) is 2.71. The summed E-state index contributed by atoms with van der Waals surface area (Å²) in [5, 5.41) is 0. The Kier molecular flexibility index (Phi) is 7.14. The normalized spacial score (nSPS) is 20.1. The van der Waals surface area contributed by atoms with E-state index in [1.54, 1.807) is 0 Å². The first-order chi connectivity index (χ1) is 9.88. The maximum absolute atomic E-state index is 2.71. The van der Waals surface area contributed by atoms with E-state index in [0.717, 1.165) is 5.92 Å². The molecule has 0 amide bonds. The molecule has 112 valence electrons. The third-order valence-corrected chi connectivity index (χ3v) is 4.55. The van der Waals surface area contributed by atoms with E-state index in [2.05, 4.69) is 42.2 Å². The van der Waals surface area contributed by atoms with Gasteiger partial charge in [0.15, 0.2) is 0 Å². The molecule has 0 radical (unpaired) electrons. The lowest BCUT2D eigenvalue weighted by Gasteiger charge is -2.32. The SMILES string of the molecule is CCCCCCCN1CCCC(Cc2ccccc2)C1. The van der Waals surface area contributed by atoms with E-state index in [9.17, 15) is 0 Å². The van der Waals surface area contributed by atoms with Crippen LogP contribution in [0.4, 0.5) is 0 Å². The quantitative estimate of drug-likeness (QED) is 0.608. The number of hydrogen-bond acceptors (Lipinski definition) is 1. The molecule has 0 aromatic heterocycles. The Morgan fingerprint density at radius 1 is 1.05 bits per heavy atom. The fourth-order valence-electron chi connectivity index (χ4n) is 3.41. The molecule has 1 saturated heterocycles. The van der Waals surface area contributed by atoms with Crippen LogP contribution in [0.15, 0.2) is 30.3 Å². The molecule has 1 atom stereocenters. The zero-order chi connectivity index (χ0) is 14.0. The van der Waals surface area contributed by atoms with Crippen molar-refractivity contribution in [3.8, 4) is 0 Å². The van der Waals surface area contributed by atoms with Crippen molar-refractivity contribution in [3.63, 3.8) is 0 Å². The fourth-order valence-corrected chi connectivity index (χ4v) is 3.41. The van der Waals surface area contributed by atoms with Crippen LogP contribution in [0, 0.1) is 5.92 Å². The van der Waals surface area contributed by atoms with E-state index in [4.69, 9.17) is 0 Å². The van der Waals surface area contributed by atoms with Crippen LogP contribution in [0.1, 0.15) is 57.4 Å². The summed E-state index contributed by atoms with van der Waals surface area (Å²) in [5.74, 6) is 0.877. The van der Waals surface area contributed by atoms with Gasteiger partial charge >= 0.3 is 0 Å². The Bertz CT molecular complexity index is 346. The second kappa shape index (κ2) is 9.18. The molecule has 1 aromatic carbocycles. The van der Waals surface area contributed by atoms with Gasteiger partial charge in [-0.15, -0.1) is 0 Å². The van der Waals surface area contributed by atoms with Crippen LogP contribution in [0.25, 0.3) is 0 Å². The molecule has 1 aliphatic rings. The predicted octanol–water partition coefficient (Wildman–Crippen LogP) is 4.91. The maximum atomic E-state index is 2.71. The molecule has 0 bridgehead atoms. The van der Waals surface area contributed by atoms with Crippen LogP contribution in [-0.4, -0.2) is 24.5 Å². The first-order valence-corrected chi connectivity index (χ1v) is 8.64. The van der Waals surface area contributed by atoms with E-state index in [-0.39, 0.29) is 0 Å². The monoisotopic (exact) mass is 273 g/mol. The molecule has 1 aliphatic heterocycles. The van der Waals surface area contributed by atoms with Gasteiger partial charge in [0.1, 0.15) is 0 Å². The van der Waals surface area contributed by atoms with Gasteiger partial charge in [-0.05, 0) is 50.3 Å². The van der Waals surface area contributed by atoms with E-state index in [1.807, 2.05) is 0 Å². The number of unbranched alkanes of at least 4 members (excludes halogenated alkanes) is 4. The van der Waals surface area contributed by atoms with Crippen LogP contribution in [0.5, 0.6) is 0 Å². The van der Waals surface area contributed by atoms with E-state index in [0.29, 0.717) is 0 Å². The predicted molar refractivity (Wildman–Crippen MR) is 88.1 cm³/mol. The van der Waals surface area contributed by atoms with Gasteiger partial charge in [0.25, 0.3) is 0 Å². The highest BCUT2D eigenvalue weighted by molar-refractivity contribution is 5.15. The second-order valence-electron chi connectivity index (χ2n) is 6.41. The second-order valence-corrected chi connectivity index (χ2v) is 6.41. The number of benzene rings is 1. The average Bonchev–Trinajstić information content (AvgIpc) is 2.48. The summed E-state index contributed by atoms with van der Waals surface area (Å²) >= 11 is 0. The molecule has 1 nitrogen and oxygen atoms in total. The fraction of sp³-hybridized carbons (Fsp3) is 0.684. The standard InChI is InChI=1S/C19H31N/c1-2-3-4-5-9-14-20-15-10-13-19(17-20)16-18-11-7-6-8-12-18/h6-8,11-12,19H,2-5,9-10,13-17H2,1H3. The van der Waals surface area contributed by atoms with Crippen molar-refractivity contribution < 1.29 is 0 Å². The molecule has 1 heterocycles. The highest BCUT2D eigenvalue weighted by Gasteiger charge is 2.19. The molecular formula is C19H31N. The summed E-state index contributed by atoms with van der Waals surface area (Å²) in [5.41, 5.74) is 1.52. The number of nitrogens with zero attached hydrogens (tertiary/aromatic N) is 1. The van der Waals surface area contributed by atoms with Crippen LogP contribution < -0.4 is 0 Å². The van der Waals surface area contributed by atoms with Crippen LogP contribution in [0.2, 0.25) is 0 Å². The van der Waals surface area contributed by atoms with Gasteiger partial charge in [-0.2, -0.15) is 0 Å². The number of likely N-dealkylation sites (tertiary alicyclic amines) is 1. The zero-order valence-corrected chi connectivity index (χ0v) is 13.2. The Morgan fingerprint density at radius 2 is 1.85 bits per heavy atom. The van der Waals surface area contributed by atoms with Crippen LogP contribution in [0.3, 0.4) is 0 Å². The lowest BCUT2D eigenvalue weighted by atomic mass is 9.91. The Morgan fingerprint density at radius 3 is 2.65 bits per heavy atom. The van der Waals surface area contributed by atoms with Gasteiger partial charge in [-0.1, -0.05) is 62.9 Å². The minimum atomic E-state index is 0.877. The first kappa shape index (κ1) is 15.6. The van der Waals surface area contributed by atoms with Crippen molar-refractivity contribution in [1.29, 1.82) is 0 Å². The van der Waals surface area contributed by atoms with Gasteiger partial charge in [-0.25, -0.2) is 0 Å². The molecule has 0 spiro atoms. The van der Waals surface area contributed by atoms with Gasteiger partial charge in [0, 0.05) is 6.54 Å². The molecular weight excluding hydrogens is 242 g/mol. The Hall–Kier alpha value is -0.820. The van der Waals surface area contributed by atoms with Gasteiger partial charge < -0.3 is 4.90 Å². The first-order valence-electron chi connectivity index (χ1n) is 8.64. The molecule has 0 saturated carbocycles. The Balaban J connectivity index is 1.66. The summed E-state index contributed by atoms with van der Waals surface area (Å²) in [6, 6.07) is 11.0. The number of piperidine rings is 1. The lowest BCUT2D eigenvalue weighted by Crippen LogP contribution is -2.36. The van der Waals surface area contributed by atoms with Gasteiger partial charge in [-0.3, -0.25) is 0 Å². The summed E-state index contributed by atoms with van der Waals surface area (Å²) in [6.07, 6.45) is 11.1. The van der Waals surface area contributed by atoms with Crippen molar-refractivity contribution in [2.75, 3.05) is 19.6 Å². The van der Waals surface area contributed by atoms with Crippen molar-refractivity contribution in [3.05, 3.63) is 35.9 Å². The molecule has 0 N–H and O–H groups in total. The van der Waals surface area contributed by atoms with Crippen molar-refractivity contribution >= 4 is 0 Å². The highest BCUT2D eigenvalue weighted by atomic mass is 15.1. The molecule has 0 aliphatic carbocycles. The zero-order valence-electron chi connectivity index (χ0n) is 13.2. The van der Waals surface area contributed by atoms with Crippen molar-refractivity contribution in [1.82, 2.24) is 4.90 Å². The molecule has 2 rings (SSSR count). The van der Waals surface area contributed by atoms with Gasteiger partial charge in [0.05, 0.1) is 0 Å². The molecule has 1 heteroatoms. The van der Waals surface area contributed by atoms with Gasteiger partial charge in [0.2, 0.25) is 0 Å². The van der Waals surface area contributed by atoms with E-state index < -0.39 is 0 Å². The van der Waals surface area contributed by atoms with Crippen molar-refractivity contribution in [2.45, 2.75) is 58.3 Å².